The second-order valence-electron chi connectivity index (χ2n) is 4.62. The first-order chi connectivity index (χ1) is 10.0. The molecule has 3 rings (SSSR count). The number of phenols is 1. The van der Waals surface area contributed by atoms with E-state index in [1.165, 1.54) is 12.1 Å². The van der Waals surface area contributed by atoms with Crippen molar-refractivity contribution in [1.82, 2.24) is 9.38 Å². The van der Waals surface area contributed by atoms with Crippen molar-refractivity contribution in [2.75, 3.05) is 5.32 Å². The van der Waals surface area contributed by atoms with Crippen LogP contribution in [0.5, 0.6) is 5.75 Å². The third kappa shape index (κ3) is 2.62. The van der Waals surface area contributed by atoms with Gasteiger partial charge in [0.15, 0.2) is 0 Å². The number of aromatic hydroxyl groups is 1. The van der Waals surface area contributed by atoms with Gasteiger partial charge in [0, 0.05) is 16.4 Å². The van der Waals surface area contributed by atoms with Crippen LogP contribution in [0.2, 0.25) is 0 Å². The Morgan fingerprint density at radius 3 is 2.67 bits per heavy atom. The Balaban J connectivity index is 1.99. The lowest BCUT2D eigenvalue weighted by Gasteiger charge is -2.06. The summed E-state index contributed by atoms with van der Waals surface area (Å²) in [7, 11) is 0. The van der Waals surface area contributed by atoms with Crippen LogP contribution in [0.25, 0.3) is 5.65 Å². The van der Waals surface area contributed by atoms with Gasteiger partial charge in [-0.15, -0.1) is 0 Å². The first-order valence-electron chi connectivity index (χ1n) is 6.29. The van der Waals surface area contributed by atoms with Gasteiger partial charge in [-0.1, -0.05) is 0 Å². The molecular weight excluding hydrogens is 334 g/mol. The van der Waals surface area contributed by atoms with Gasteiger partial charge >= 0.3 is 0 Å². The minimum absolute atomic E-state index is 0.155. The van der Waals surface area contributed by atoms with Gasteiger partial charge in [0.25, 0.3) is 5.91 Å². The Hall–Kier alpha value is -2.34. The van der Waals surface area contributed by atoms with Crippen LogP contribution in [0.4, 0.5) is 5.69 Å². The lowest BCUT2D eigenvalue weighted by Crippen LogP contribution is -2.15. The number of benzene rings is 1. The van der Waals surface area contributed by atoms with E-state index in [1.54, 1.807) is 29.7 Å². The maximum Gasteiger partial charge on any atom is 0.274 e. The maximum atomic E-state index is 12.5. The van der Waals surface area contributed by atoms with Gasteiger partial charge in [-0.3, -0.25) is 9.20 Å². The van der Waals surface area contributed by atoms with E-state index in [9.17, 15) is 9.90 Å². The number of nitrogens with zero attached hydrogens (tertiary/aromatic N) is 2. The quantitative estimate of drug-likeness (QED) is 0.700. The molecule has 1 aromatic carbocycles. The molecule has 0 atom stereocenters. The Morgan fingerprint density at radius 2 is 1.95 bits per heavy atom. The summed E-state index contributed by atoms with van der Waals surface area (Å²) in [5, 5.41) is 12.1. The number of hydrogen-bond donors (Lipinski definition) is 2. The summed E-state index contributed by atoms with van der Waals surface area (Å²) in [5.41, 5.74) is 2.47. The second kappa shape index (κ2) is 5.21. The zero-order valence-corrected chi connectivity index (χ0v) is 12.8. The highest BCUT2D eigenvalue weighted by Crippen LogP contribution is 2.19. The fourth-order valence-corrected chi connectivity index (χ4v) is 2.48. The molecule has 6 heteroatoms. The van der Waals surface area contributed by atoms with Crippen molar-refractivity contribution < 1.29 is 9.90 Å². The molecule has 2 heterocycles. The van der Waals surface area contributed by atoms with E-state index in [1.807, 2.05) is 12.1 Å². The number of amides is 1. The molecule has 21 heavy (non-hydrogen) atoms. The van der Waals surface area contributed by atoms with Crippen LogP contribution in [-0.4, -0.2) is 20.4 Å². The fraction of sp³-hybridized carbons (Fsp3) is 0.0667. The number of phenolic OH excluding ortho intramolecular Hbond substituents is 1. The molecule has 1 amide bonds. The van der Waals surface area contributed by atoms with Crippen LogP contribution in [0.15, 0.2) is 47.1 Å². The number of aromatic nitrogens is 2. The second-order valence-corrected chi connectivity index (χ2v) is 5.54. The topological polar surface area (TPSA) is 66.6 Å². The predicted molar refractivity (Wildman–Crippen MR) is 83.7 cm³/mol. The van der Waals surface area contributed by atoms with Crippen molar-refractivity contribution in [2.45, 2.75) is 6.92 Å². The Labute approximate surface area is 129 Å². The van der Waals surface area contributed by atoms with Gasteiger partial charge in [-0.2, -0.15) is 0 Å². The molecule has 5 nitrogen and oxygen atoms in total. The summed E-state index contributed by atoms with van der Waals surface area (Å²) in [6.07, 6.45) is 1.81. The molecule has 0 aliphatic rings. The third-order valence-corrected chi connectivity index (χ3v) is 3.57. The average molecular weight is 346 g/mol. The van der Waals surface area contributed by atoms with E-state index in [0.717, 1.165) is 4.47 Å². The summed E-state index contributed by atoms with van der Waals surface area (Å²) >= 11 is 3.39. The van der Waals surface area contributed by atoms with E-state index in [-0.39, 0.29) is 11.7 Å². The smallest absolute Gasteiger partial charge is 0.274 e. The summed E-state index contributed by atoms with van der Waals surface area (Å²) in [6, 6.07) is 10.0. The first-order valence-corrected chi connectivity index (χ1v) is 7.08. The molecule has 2 N–H and O–H groups in total. The zero-order valence-electron chi connectivity index (χ0n) is 11.2. The van der Waals surface area contributed by atoms with Crippen molar-refractivity contribution in [3.05, 3.63) is 58.5 Å². The van der Waals surface area contributed by atoms with E-state index < -0.39 is 0 Å². The average Bonchev–Trinajstić information content (AvgIpc) is 2.76. The summed E-state index contributed by atoms with van der Waals surface area (Å²) in [5.74, 6) is -0.0910. The van der Waals surface area contributed by atoms with E-state index in [0.29, 0.717) is 22.7 Å². The zero-order chi connectivity index (χ0) is 15.0. The Kier molecular flexibility index (Phi) is 3.39. The maximum absolute atomic E-state index is 12.5. The summed E-state index contributed by atoms with van der Waals surface area (Å²) in [4.78, 5) is 16.8. The number of fused-ring (bicyclic) bond motifs is 1. The van der Waals surface area contributed by atoms with E-state index >= 15 is 0 Å². The van der Waals surface area contributed by atoms with Crippen molar-refractivity contribution in [3.8, 4) is 5.75 Å². The van der Waals surface area contributed by atoms with Gasteiger partial charge in [0.2, 0.25) is 0 Å². The van der Waals surface area contributed by atoms with Crippen molar-refractivity contribution in [2.24, 2.45) is 0 Å². The highest BCUT2D eigenvalue weighted by molar-refractivity contribution is 9.10. The molecule has 0 aliphatic heterocycles. The van der Waals surface area contributed by atoms with Gasteiger partial charge in [-0.25, -0.2) is 4.98 Å². The molecular formula is C15H12BrN3O2. The number of carbonyl (C=O) groups is 1. The number of nitrogens with one attached hydrogen (secondary N) is 1. The molecule has 0 fully saturated rings. The number of imidazole rings is 1. The minimum Gasteiger partial charge on any atom is -0.508 e. The highest BCUT2D eigenvalue weighted by Gasteiger charge is 2.16. The molecule has 0 saturated carbocycles. The van der Waals surface area contributed by atoms with Crippen molar-refractivity contribution in [1.29, 1.82) is 0 Å². The standard InChI is InChI=1S/C15H12BrN3O2/c1-9-14(19-8-10(16)2-7-13(19)17-9)15(21)18-11-3-5-12(20)6-4-11/h2-8,20H,1H3,(H,18,21). The molecule has 0 aliphatic carbocycles. The first kappa shape index (κ1) is 13.6. The van der Waals surface area contributed by atoms with Crippen LogP contribution in [0.1, 0.15) is 16.2 Å². The Bertz CT molecular complexity index is 825. The number of hydrogen-bond acceptors (Lipinski definition) is 3. The van der Waals surface area contributed by atoms with Gasteiger partial charge in [0.05, 0.1) is 5.69 Å². The fourth-order valence-electron chi connectivity index (χ4n) is 2.15. The lowest BCUT2D eigenvalue weighted by atomic mass is 10.2. The SMILES string of the molecule is Cc1nc2ccc(Br)cn2c1C(=O)Nc1ccc(O)cc1. The summed E-state index contributed by atoms with van der Waals surface area (Å²) < 4.78 is 2.61. The Morgan fingerprint density at radius 1 is 1.24 bits per heavy atom. The number of pyridine rings is 1. The molecule has 3 aromatic rings. The number of aryl methyl sites for hydroxylation is 1. The third-order valence-electron chi connectivity index (χ3n) is 3.10. The largest absolute Gasteiger partial charge is 0.508 e. The van der Waals surface area contributed by atoms with Crippen LogP contribution >= 0.6 is 15.9 Å². The predicted octanol–water partition coefficient (Wildman–Crippen LogP) is 3.36. The number of anilines is 1. The summed E-state index contributed by atoms with van der Waals surface area (Å²) in [6.45, 7) is 1.80. The van der Waals surface area contributed by atoms with Crippen LogP contribution in [0.3, 0.4) is 0 Å². The monoisotopic (exact) mass is 345 g/mol. The molecule has 0 saturated heterocycles. The molecule has 0 bridgehead atoms. The number of rotatable bonds is 2. The normalized spacial score (nSPS) is 10.8. The van der Waals surface area contributed by atoms with E-state index in [2.05, 4.69) is 26.2 Å². The van der Waals surface area contributed by atoms with Crippen molar-refractivity contribution >= 4 is 33.2 Å². The molecule has 106 valence electrons. The van der Waals surface area contributed by atoms with Crippen molar-refractivity contribution in [3.63, 3.8) is 0 Å². The van der Waals surface area contributed by atoms with Gasteiger partial charge in [0.1, 0.15) is 17.1 Å². The lowest BCUT2D eigenvalue weighted by molar-refractivity contribution is 0.102. The van der Waals surface area contributed by atoms with Gasteiger partial charge in [-0.05, 0) is 59.3 Å². The molecule has 0 spiro atoms. The van der Waals surface area contributed by atoms with Crippen LogP contribution in [0, 0.1) is 6.92 Å². The minimum atomic E-state index is -0.246. The molecule has 0 unspecified atom stereocenters. The van der Waals surface area contributed by atoms with Gasteiger partial charge < -0.3 is 10.4 Å². The number of halogens is 1. The van der Waals surface area contributed by atoms with Crippen LogP contribution < -0.4 is 5.32 Å². The number of carbonyl (C=O) groups excluding carboxylic acids is 1. The highest BCUT2D eigenvalue weighted by atomic mass is 79.9. The van der Waals surface area contributed by atoms with E-state index in [4.69, 9.17) is 0 Å². The van der Waals surface area contributed by atoms with Crippen LogP contribution in [-0.2, 0) is 0 Å². The molecule has 2 aromatic heterocycles. The molecule has 0 radical (unpaired) electrons.